The molecule has 0 amide bonds. The third-order valence-corrected chi connectivity index (χ3v) is 4.63. The van der Waals surface area contributed by atoms with Crippen molar-refractivity contribution < 1.29 is 17.7 Å². The summed E-state index contributed by atoms with van der Waals surface area (Å²) in [7, 11) is 0. The van der Waals surface area contributed by atoms with Crippen molar-refractivity contribution in [3.63, 3.8) is 0 Å². The summed E-state index contributed by atoms with van der Waals surface area (Å²) in [6.07, 6.45) is -0.516. The number of hydrogen-bond donors (Lipinski definition) is 0. The maximum Gasteiger partial charge on any atom is 0.416 e. The first kappa shape index (κ1) is 17.9. The molecule has 0 N–H and O–H groups in total. The Morgan fingerprint density at radius 2 is 2.16 bits per heavy atom. The summed E-state index contributed by atoms with van der Waals surface area (Å²) in [5.74, 6) is 1.74. The topological polar surface area (TPSA) is 42.2 Å². The van der Waals surface area contributed by atoms with E-state index >= 15 is 0 Å². The second-order valence-corrected chi connectivity index (χ2v) is 6.71. The van der Waals surface area contributed by atoms with Crippen molar-refractivity contribution in [1.29, 1.82) is 0 Å². The molecule has 4 nitrogen and oxygen atoms in total. The van der Waals surface area contributed by atoms with Crippen LogP contribution in [0.15, 0.2) is 28.8 Å². The second kappa shape index (κ2) is 7.56. The Morgan fingerprint density at radius 1 is 1.32 bits per heavy atom. The Balaban J connectivity index is 1.53. The Hall–Kier alpha value is -1.89. The summed E-state index contributed by atoms with van der Waals surface area (Å²) < 4.78 is 43.4. The van der Waals surface area contributed by atoms with Crippen LogP contribution in [0.3, 0.4) is 0 Å². The van der Waals surface area contributed by atoms with E-state index in [0.29, 0.717) is 30.6 Å². The molecule has 2 aromatic rings. The smallest absolute Gasteiger partial charge is 0.340 e. The Bertz CT molecular complexity index is 699. The van der Waals surface area contributed by atoms with Crippen molar-refractivity contribution in [3.8, 4) is 0 Å². The Labute approximate surface area is 145 Å². The van der Waals surface area contributed by atoms with Crippen molar-refractivity contribution in [2.75, 3.05) is 13.1 Å². The van der Waals surface area contributed by atoms with Crippen LogP contribution in [-0.4, -0.2) is 28.1 Å². The zero-order chi connectivity index (χ0) is 17.9. The second-order valence-electron chi connectivity index (χ2n) is 6.71. The van der Waals surface area contributed by atoms with E-state index in [2.05, 4.69) is 15.0 Å². The van der Waals surface area contributed by atoms with E-state index in [4.69, 9.17) is 4.52 Å². The molecule has 1 aromatic heterocycles. The van der Waals surface area contributed by atoms with Gasteiger partial charge in [-0.15, -0.1) is 0 Å². The molecule has 136 valence electrons. The van der Waals surface area contributed by atoms with Crippen LogP contribution in [0.5, 0.6) is 0 Å². The van der Waals surface area contributed by atoms with Crippen molar-refractivity contribution in [3.05, 3.63) is 47.1 Å². The fourth-order valence-electron chi connectivity index (χ4n) is 3.41. The number of alkyl halides is 3. The lowest BCUT2D eigenvalue weighted by Gasteiger charge is -2.32. The molecule has 0 saturated carbocycles. The number of aryl methyl sites for hydroxylation is 2. The Kier molecular flexibility index (Phi) is 5.42. The van der Waals surface area contributed by atoms with Crippen LogP contribution in [0.25, 0.3) is 0 Å². The van der Waals surface area contributed by atoms with Gasteiger partial charge in [-0.2, -0.15) is 18.2 Å². The average molecular weight is 353 g/mol. The fourth-order valence-corrected chi connectivity index (χ4v) is 3.41. The van der Waals surface area contributed by atoms with E-state index in [-0.39, 0.29) is 0 Å². The largest absolute Gasteiger partial charge is 0.416 e. The maximum atomic E-state index is 12.8. The van der Waals surface area contributed by atoms with Gasteiger partial charge in [-0.1, -0.05) is 23.4 Å². The highest BCUT2D eigenvalue weighted by atomic mass is 19.4. The monoisotopic (exact) mass is 353 g/mol. The standard InChI is InChI=1S/C18H22F3N3O/c1-13-22-17(23-25-13)12-24-9-3-5-15(11-24)8-7-14-4-2-6-16(10-14)18(19,20)21/h2,4,6,10,15H,3,5,7-9,11-12H2,1H3/t15-/m0/s1. The predicted molar refractivity (Wildman–Crippen MR) is 86.8 cm³/mol. The molecule has 1 saturated heterocycles. The van der Waals surface area contributed by atoms with Gasteiger partial charge in [-0.3, -0.25) is 4.90 Å². The number of hydrogen-bond acceptors (Lipinski definition) is 4. The number of nitrogens with zero attached hydrogens (tertiary/aromatic N) is 3. The van der Waals surface area contributed by atoms with Crippen molar-refractivity contribution in [2.24, 2.45) is 5.92 Å². The molecule has 0 spiro atoms. The molecule has 0 unspecified atom stereocenters. The molecule has 2 heterocycles. The van der Waals surface area contributed by atoms with Crippen LogP contribution in [0.2, 0.25) is 0 Å². The summed E-state index contributed by atoms with van der Waals surface area (Å²) in [6, 6.07) is 5.66. The van der Waals surface area contributed by atoms with Gasteiger partial charge in [0.1, 0.15) is 0 Å². The highest BCUT2D eigenvalue weighted by Gasteiger charge is 2.30. The normalized spacial score (nSPS) is 19.3. The third-order valence-electron chi connectivity index (χ3n) is 4.63. The van der Waals surface area contributed by atoms with Crippen LogP contribution in [0, 0.1) is 12.8 Å². The summed E-state index contributed by atoms with van der Waals surface area (Å²) in [4.78, 5) is 6.53. The van der Waals surface area contributed by atoms with Gasteiger partial charge in [-0.05, 0) is 49.8 Å². The van der Waals surface area contributed by atoms with Gasteiger partial charge in [0.2, 0.25) is 5.89 Å². The lowest BCUT2D eigenvalue weighted by atomic mass is 9.91. The van der Waals surface area contributed by atoms with E-state index in [1.165, 1.54) is 12.1 Å². The number of likely N-dealkylation sites (tertiary alicyclic amines) is 1. The molecule has 25 heavy (non-hydrogen) atoms. The summed E-state index contributed by atoms with van der Waals surface area (Å²) >= 11 is 0. The SMILES string of the molecule is Cc1nc(CN2CCC[C@@H](CCc3cccc(C(F)(F)F)c3)C2)no1. The molecule has 1 atom stereocenters. The molecule has 1 aromatic carbocycles. The average Bonchev–Trinajstić information content (AvgIpc) is 2.98. The van der Waals surface area contributed by atoms with Gasteiger partial charge in [0.25, 0.3) is 0 Å². The predicted octanol–water partition coefficient (Wildman–Crippen LogP) is 4.24. The number of piperidine rings is 1. The number of rotatable bonds is 5. The fraction of sp³-hybridized carbons (Fsp3) is 0.556. The molecule has 3 rings (SSSR count). The highest BCUT2D eigenvalue weighted by Crippen LogP contribution is 2.30. The van der Waals surface area contributed by atoms with E-state index in [0.717, 1.165) is 44.0 Å². The lowest BCUT2D eigenvalue weighted by molar-refractivity contribution is -0.137. The molecule has 7 heteroatoms. The number of halogens is 3. The van der Waals surface area contributed by atoms with Gasteiger partial charge in [0.05, 0.1) is 12.1 Å². The van der Waals surface area contributed by atoms with E-state index < -0.39 is 11.7 Å². The van der Waals surface area contributed by atoms with Crippen LogP contribution in [0.4, 0.5) is 13.2 Å². The van der Waals surface area contributed by atoms with Gasteiger partial charge in [0.15, 0.2) is 5.82 Å². The van der Waals surface area contributed by atoms with Crippen LogP contribution < -0.4 is 0 Å². The maximum absolute atomic E-state index is 12.8. The van der Waals surface area contributed by atoms with Gasteiger partial charge in [-0.25, -0.2) is 0 Å². The molecule has 0 aliphatic carbocycles. The molecular weight excluding hydrogens is 331 g/mol. The lowest BCUT2D eigenvalue weighted by Crippen LogP contribution is -2.35. The first-order valence-electron chi connectivity index (χ1n) is 8.58. The highest BCUT2D eigenvalue weighted by molar-refractivity contribution is 5.25. The number of aromatic nitrogens is 2. The van der Waals surface area contributed by atoms with Crippen molar-refractivity contribution in [2.45, 2.75) is 45.3 Å². The molecular formula is C18H22F3N3O. The van der Waals surface area contributed by atoms with Crippen LogP contribution >= 0.6 is 0 Å². The molecule has 1 aliphatic heterocycles. The number of benzene rings is 1. The molecule has 0 bridgehead atoms. The van der Waals surface area contributed by atoms with Crippen LogP contribution in [-0.2, 0) is 19.1 Å². The summed E-state index contributed by atoms with van der Waals surface area (Å²) in [5, 5.41) is 3.93. The zero-order valence-corrected chi connectivity index (χ0v) is 14.2. The minimum absolute atomic E-state index is 0.483. The van der Waals surface area contributed by atoms with Crippen molar-refractivity contribution >= 4 is 0 Å². The van der Waals surface area contributed by atoms with Gasteiger partial charge >= 0.3 is 6.18 Å². The van der Waals surface area contributed by atoms with E-state index in [1.807, 2.05) is 0 Å². The quantitative estimate of drug-likeness (QED) is 0.806. The molecule has 0 radical (unpaired) electrons. The first-order chi connectivity index (χ1) is 11.9. The van der Waals surface area contributed by atoms with Gasteiger partial charge < -0.3 is 4.52 Å². The summed E-state index contributed by atoms with van der Waals surface area (Å²) in [6.45, 7) is 4.35. The Morgan fingerprint density at radius 3 is 2.88 bits per heavy atom. The zero-order valence-electron chi connectivity index (χ0n) is 14.2. The summed E-state index contributed by atoms with van der Waals surface area (Å²) in [5.41, 5.74) is 0.184. The first-order valence-corrected chi connectivity index (χ1v) is 8.58. The molecule has 1 aliphatic rings. The third kappa shape index (κ3) is 5.04. The molecule has 1 fully saturated rings. The van der Waals surface area contributed by atoms with Crippen LogP contribution in [0.1, 0.15) is 42.1 Å². The van der Waals surface area contributed by atoms with E-state index in [1.54, 1.807) is 13.0 Å². The van der Waals surface area contributed by atoms with Gasteiger partial charge in [0, 0.05) is 13.5 Å². The van der Waals surface area contributed by atoms with Crippen molar-refractivity contribution in [1.82, 2.24) is 15.0 Å². The minimum atomic E-state index is -4.28. The minimum Gasteiger partial charge on any atom is -0.340 e. The van der Waals surface area contributed by atoms with E-state index in [9.17, 15) is 13.2 Å².